The Balaban J connectivity index is 1.85. The number of carbonyl (C=O) groups is 1. The number of hydrogen-bond acceptors (Lipinski definition) is 5. The largest absolute Gasteiger partial charge is 0.478 e. The van der Waals surface area contributed by atoms with Crippen LogP contribution in [0.2, 0.25) is 0 Å². The number of nitrogens with zero attached hydrogens (tertiary/aromatic N) is 4. The van der Waals surface area contributed by atoms with E-state index in [1.807, 2.05) is 35.4 Å². The standard InChI is InChI=1S/C21H23FN4O3/c1-13-15(11-22)4-3-5-16(13)12-26-14(2)23-19-17(21(27)28)10-18(24-20(19)26)25-6-8-29-9-7-25/h3-5,10H,6-9,11-12H2,1-2H3,(H,27,28). The number of halogens is 1. The Bertz CT molecular complexity index is 1070. The number of benzene rings is 1. The molecule has 8 heteroatoms. The first-order valence-electron chi connectivity index (χ1n) is 9.56. The van der Waals surface area contributed by atoms with Crippen molar-refractivity contribution in [2.45, 2.75) is 27.1 Å². The van der Waals surface area contributed by atoms with Gasteiger partial charge in [0.25, 0.3) is 0 Å². The van der Waals surface area contributed by atoms with E-state index in [-0.39, 0.29) is 5.56 Å². The maximum Gasteiger partial charge on any atom is 0.338 e. The van der Waals surface area contributed by atoms with Crippen LogP contribution in [0, 0.1) is 13.8 Å². The molecule has 0 radical (unpaired) electrons. The molecular weight excluding hydrogens is 375 g/mol. The van der Waals surface area contributed by atoms with Gasteiger partial charge in [-0.05, 0) is 36.6 Å². The van der Waals surface area contributed by atoms with Gasteiger partial charge >= 0.3 is 5.97 Å². The summed E-state index contributed by atoms with van der Waals surface area (Å²) in [5.74, 6) is 0.236. The summed E-state index contributed by atoms with van der Waals surface area (Å²) in [4.78, 5) is 23.2. The molecule has 0 unspecified atom stereocenters. The number of aryl methyl sites for hydroxylation is 1. The van der Waals surface area contributed by atoms with Crippen LogP contribution in [0.1, 0.15) is 32.9 Å². The van der Waals surface area contributed by atoms with Crippen molar-refractivity contribution in [1.29, 1.82) is 0 Å². The minimum Gasteiger partial charge on any atom is -0.478 e. The number of rotatable bonds is 5. The molecule has 29 heavy (non-hydrogen) atoms. The quantitative estimate of drug-likeness (QED) is 0.711. The van der Waals surface area contributed by atoms with E-state index in [1.165, 1.54) is 0 Å². The number of hydrogen-bond donors (Lipinski definition) is 1. The third kappa shape index (κ3) is 3.55. The third-order valence-electron chi connectivity index (χ3n) is 5.48. The SMILES string of the molecule is Cc1c(CF)cccc1Cn1c(C)nc2c(C(=O)O)cc(N3CCOCC3)nc21. The summed E-state index contributed by atoms with van der Waals surface area (Å²) in [5, 5.41) is 9.75. The number of aromatic carboxylic acids is 1. The Morgan fingerprint density at radius 2 is 1.93 bits per heavy atom. The zero-order valence-corrected chi connectivity index (χ0v) is 16.5. The van der Waals surface area contributed by atoms with Gasteiger partial charge in [-0.25, -0.2) is 19.2 Å². The van der Waals surface area contributed by atoms with Gasteiger partial charge in [-0.15, -0.1) is 0 Å². The van der Waals surface area contributed by atoms with Gasteiger partial charge in [-0.2, -0.15) is 0 Å². The lowest BCUT2D eigenvalue weighted by Crippen LogP contribution is -2.37. The topological polar surface area (TPSA) is 80.5 Å². The van der Waals surface area contributed by atoms with Crippen LogP contribution >= 0.6 is 0 Å². The van der Waals surface area contributed by atoms with Crippen LogP contribution < -0.4 is 4.90 Å². The second-order valence-electron chi connectivity index (χ2n) is 7.18. The number of anilines is 1. The third-order valence-corrected chi connectivity index (χ3v) is 5.48. The van der Waals surface area contributed by atoms with Crippen LogP contribution in [-0.4, -0.2) is 51.9 Å². The molecule has 2 aromatic heterocycles. The lowest BCUT2D eigenvalue weighted by atomic mass is 10.0. The highest BCUT2D eigenvalue weighted by atomic mass is 19.1. The molecule has 1 aliphatic heterocycles. The van der Waals surface area contributed by atoms with Crippen LogP contribution in [0.4, 0.5) is 10.2 Å². The summed E-state index contributed by atoms with van der Waals surface area (Å²) in [6.45, 7) is 6.12. The van der Waals surface area contributed by atoms with Crippen molar-refractivity contribution < 1.29 is 19.0 Å². The Morgan fingerprint density at radius 1 is 1.21 bits per heavy atom. The normalized spacial score (nSPS) is 14.5. The van der Waals surface area contributed by atoms with Crippen LogP contribution in [0.5, 0.6) is 0 Å². The molecular formula is C21H23FN4O3. The van der Waals surface area contributed by atoms with E-state index in [9.17, 15) is 14.3 Å². The summed E-state index contributed by atoms with van der Waals surface area (Å²) in [7, 11) is 0. The molecule has 3 aromatic rings. The van der Waals surface area contributed by atoms with Crippen LogP contribution in [0.25, 0.3) is 11.2 Å². The van der Waals surface area contributed by atoms with Gasteiger partial charge in [-0.3, -0.25) is 0 Å². The maximum absolute atomic E-state index is 13.3. The maximum atomic E-state index is 13.3. The van der Waals surface area contributed by atoms with E-state index in [4.69, 9.17) is 9.72 Å². The number of fused-ring (bicyclic) bond motifs is 1. The number of carboxylic acid groups (broad SMARTS) is 1. The van der Waals surface area contributed by atoms with Gasteiger partial charge in [0.1, 0.15) is 23.8 Å². The van der Waals surface area contributed by atoms with Crippen molar-refractivity contribution in [3.8, 4) is 0 Å². The van der Waals surface area contributed by atoms with Gasteiger partial charge in [0.05, 0.1) is 25.3 Å². The molecule has 0 bridgehead atoms. The van der Waals surface area contributed by atoms with E-state index in [0.29, 0.717) is 61.2 Å². The summed E-state index contributed by atoms with van der Waals surface area (Å²) in [6.07, 6.45) is 0. The number of carboxylic acids is 1. The lowest BCUT2D eigenvalue weighted by Gasteiger charge is -2.28. The molecule has 0 spiro atoms. The second kappa shape index (κ2) is 7.79. The fourth-order valence-electron chi connectivity index (χ4n) is 3.72. The molecule has 4 rings (SSSR count). The first-order chi connectivity index (χ1) is 14.0. The first-order valence-corrected chi connectivity index (χ1v) is 9.56. The van der Waals surface area contributed by atoms with Crippen LogP contribution in [0.3, 0.4) is 0 Å². The number of morpholine rings is 1. The first kappa shape index (κ1) is 19.3. The molecule has 0 aliphatic carbocycles. The van der Waals surface area contributed by atoms with Gasteiger partial charge in [0.2, 0.25) is 0 Å². The van der Waals surface area contributed by atoms with E-state index in [1.54, 1.807) is 12.1 Å². The van der Waals surface area contributed by atoms with E-state index in [2.05, 4.69) is 4.98 Å². The molecule has 1 aromatic carbocycles. The van der Waals surface area contributed by atoms with Gasteiger partial charge in [-0.1, -0.05) is 18.2 Å². The number of aromatic nitrogens is 3. The summed E-state index contributed by atoms with van der Waals surface area (Å²) < 4.78 is 20.6. The monoisotopic (exact) mass is 398 g/mol. The van der Waals surface area contributed by atoms with Crippen LogP contribution in [-0.2, 0) is 18.0 Å². The highest BCUT2D eigenvalue weighted by Gasteiger charge is 2.22. The van der Waals surface area contributed by atoms with E-state index >= 15 is 0 Å². The van der Waals surface area contributed by atoms with Gasteiger partial charge < -0.3 is 19.3 Å². The number of pyridine rings is 1. The fourth-order valence-corrected chi connectivity index (χ4v) is 3.72. The summed E-state index contributed by atoms with van der Waals surface area (Å²) in [5.41, 5.74) is 3.52. The van der Waals surface area contributed by atoms with E-state index < -0.39 is 12.6 Å². The zero-order valence-electron chi connectivity index (χ0n) is 16.5. The Kier molecular flexibility index (Phi) is 5.19. The number of alkyl halides is 1. The average molecular weight is 398 g/mol. The lowest BCUT2D eigenvalue weighted by molar-refractivity contribution is 0.0698. The van der Waals surface area contributed by atoms with Crippen molar-refractivity contribution in [3.63, 3.8) is 0 Å². The Labute approximate surface area is 167 Å². The zero-order chi connectivity index (χ0) is 20.5. The Hall–Kier alpha value is -3.00. The molecule has 0 amide bonds. The fraction of sp³-hybridized carbons (Fsp3) is 0.381. The summed E-state index contributed by atoms with van der Waals surface area (Å²) >= 11 is 0. The van der Waals surface area contributed by atoms with Crippen molar-refractivity contribution in [3.05, 3.63) is 52.3 Å². The van der Waals surface area contributed by atoms with Gasteiger partial charge in [0, 0.05) is 13.1 Å². The minimum atomic E-state index is -1.04. The number of ether oxygens (including phenoxy) is 1. The molecule has 1 aliphatic rings. The smallest absolute Gasteiger partial charge is 0.338 e. The molecule has 1 saturated heterocycles. The predicted molar refractivity (Wildman–Crippen MR) is 107 cm³/mol. The average Bonchev–Trinajstić information content (AvgIpc) is 3.04. The highest BCUT2D eigenvalue weighted by molar-refractivity contribution is 6.01. The molecule has 0 atom stereocenters. The van der Waals surface area contributed by atoms with Crippen molar-refractivity contribution in [2.24, 2.45) is 0 Å². The van der Waals surface area contributed by atoms with E-state index in [0.717, 1.165) is 11.1 Å². The molecule has 0 saturated carbocycles. The van der Waals surface area contributed by atoms with Crippen LogP contribution in [0.15, 0.2) is 24.3 Å². The van der Waals surface area contributed by atoms with Crippen molar-refractivity contribution >= 4 is 23.0 Å². The minimum absolute atomic E-state index is 0.132. The number of imidazole rings is 1. The molecule has 3 heterocycles. The predicted octanol–water partition coefficient (Wildman–Crippen LogP) is 3.10. The highest BCUT2D eigenvalue weighted by Crippen LogP contribution is 2.26. The molecule has 1 fully saturated rings. The van der Waals surface area contributed by atoms with Gasteiger partial charge in [0.15, 0.2) is 5.65 Å². The molecule has 152 valence electrons. The molecule has 7 nitrogen and oxygen atoms in total. The summed E-state index contributed by atoms with van der Waals surface area (Å²) in [6, 6.07) is 7.14. The second-order valence-corrected chi connectivity index (χ2v) is 7.18. The Morgan fingerprint density at radius 3 is 2.62 bits per heavy atom. The van der Waals surface area contributed by atoms with Crippen molar-refractivity contribution in [1.82, 2.24) is 14.5 Å². The van der Waals surface area contributed by atoms with Crippen molar-refractivity contribution in [2.75, 3.05) is 31.2 Å². The molecule has 1 N–H and O–H groups in total.